The molecule has 2 aliphatic heterocycles. The van der Waals surface area contributed by atoms with Crippen molar-refractivity contribution in [2.24, 2.45) is 11.7 Å². The van der Waals surface area contributed by atoms with Crippen molar-refractivity contribution >= 4 is 11.8 Å². The summed E-state index contributed by atoms with van der Waals surface area (Å²) < 4.78 is 17.0. The molecule has 0 spiro atoms. The fraction of sp³-hybridized carbons (Fsp3) is 0.391. The van der Waals surface area contributed by atoms with Gasteiger partial charge >= 0.3 is 0 Å². The van der Waals surface area contributed by atoms with E-state index in [0.717, 1.165) is 25.0 Å². The normalized spacial score (nSPS) is 24.3. The fourth-order valence-corrected chi connectivity index (χ4v) is 3.51. The van der Waals surface area contributed by atoms with Crippen LogP contribution in [0.2, 0.25) is 0 Å². The second-order valence-corrected chi connectivity index (χ2v) is 7.69. The lowest BCUT2D eigenvalue weighted by atomic mass is 10.1. The maximum atomic E-state index is 12.4. The molecule has 1 aliphatic carbocycles. The van der Waals surface area contributed by atoms with Gasteiger partial charge in [0.05, 0.1) is 18.8 Å². The van der Waals surface area contributed by atoms with Crippen molar-refractivity contribution in [3.63, 3.8) is 0 Å². The average Bonchev–Trinajstić information content (AvgIpc) is 3.40. The van der Waals surface area contributed by atoms with E-state index < -0.39 is 0 Å². The third-order valence-corrected chi connectivity index (χ3v) is 5.36. The van der Waals surface area contributed by atoms with E-state index in [2.05, 4.69) is 5.32 Å². The van der Waals surface area contributed by atoms with Crippen LogP contribution in [0.25, 0.3) is 0 Å². The smallest absolute Gasteiger partial charge is 0.251 e. The predicted octanol–water partition coefficient (Wildman–Crippen LogP) is 3.14. The largest absolute Gasteiger partial charge is 0.457 e. The molecule has 3 fully saturated rings. The van der Waals surface area contributed by atoms with Crippen LogP contribution < -0.4 is 15.8 Å². The zero-order chi connectivity index (χ0) is 20.9. The van der Waals surface area contributed by atoms with Crippen LogP contribution in [0.4, 0.5) is 0 Å². The summed E-state index contributed by atoms with van der Waals surface area (Å²) in [7, 11) is 0. The van der Waals surface area contributed by atoms with Crippen LogP contribution in [-0.4, -0.2) is 43.3 Å². The van der Waals surface area contributed by atoms with Crippen LogP contribution in [0, 0.1) is 5.92 Å². The topological polar surface area (TPSA) is 99.9 Å². The Bertz CT molecular complexity index is 878. The molecular formula is C23H30N2O5. The van der Waals surface area contributed by atoms with E-state index >= 15 is 0 Å². The van der Waals surface area contributed by atoms with Gasteiger partial charge in [-0.15, -0.1) is 0 Å². The molecule has 5 rings (SSSR count). The van der Waals surface area contributed by atoms with Crippen LogP contribution in [0.3, 0.4) is 0 Å². The van der Waals surface area contributed by atoms with E-state index in [1.54, 1.807) is 24.3 Å². The highest BCUT2D eigenvalue weighted by molar-refractivity contribution is 5.94. The molecule has 0 radical (unpaired) electrons. The van der Waals surface area contributed by atoms with Crippen molar-refractivity contribution in [1.29, 1.82) is 0 Å². The van der Waals surface area contributed by atoms with E-state index in [1.807, 2.05) is 30.3 Å². The Labute approximate surface area is 178 Å². The quantitative estimate of drug-likeness (QED) is 0.783. The number of carbonyl (C=O) groups is 2. The van der Waals surface area contributed by atoms with Gasteiger partial charge < -0.3 is 25.3 Å². The number of rotatable bonds is 5. The lowest BCUT2D eigenvalue weighted by Gasteiger charge is -2.17. The number of nitrogens with one attached hydrogen (secondary N) is 1. The van der Waals surface area contributed by atoms with Gasteiger partial charge in [-0.3, -0.25) is 9.59 Å². The summed E-state index contributed by atoms with van der Waals surface area (Å²) in [6, 6.07) is 16.6. The van der Waals surface area contributed by atoms with Crippen LogP contribution in [-0.2, 0) is 14.3 Å². The van der Waals surface area contributed by atoms with Gasteiger partial charge in [-0.1, -0.05) is 18.2 Å². The van der Waals surface area contributed by atoms with Gasteiger partial charge in [0, 0.05) is 20.9 Å². The summed E-state index contributed by atoms with van der Waals surface area (Å²) in [5, 5.41) is 3.01. The molecule has 7 nitrogen and oxygen atoms in total. The Balaban J connectivity index is 0.000000397. The molecule has 2 heterocycles. The van der Waals surface area contributed by atoms with Gasteiger partial charge in [0.1, 0.15) is 17.6 Å². The van der Waals surface area contributed by atoms with Crippen molar-refractivity contribution in [1.82, 2.24) is 5.32 Å². The molecule has 0 aromatic heterocycles. The summed E-state index contributed by atoms with van der Waals surface area (Å²) >= 11 is 0. The third kappa shape index (κ3) is 5.17. The number of primary amides is 1. The second kappa shape index (κ2) is 9.28. The molecule has 7 heteroatoms. The number of nitrogens with two attached hydrogens (primary N) is 1. The van der Waals surface area contributed by atoms with Crippen molar-refractivity contribution in [2.45, 2.75) is 37.5 Å². The first-order valence-electron chi connectivity index (χ1n) is 10.3. The van der Waals surface area contributed by atoms with E-state index in [-0.39, 0.29) is 38.8 Å². The molecule has 2 amide bonds. The lowest BCUT2D eigenvalue weighted by molar-refractivity contribution is -0.119. The van der Waals surface area contributed by atoms with Crippen molar-refractivity contribution in [3.05, 3.63) is 60.2 Å². The van der Waals surface area contributed by atoms with Crippen LogP contribution in [0.1, 0.15) is 32.5 Å². The summed E-state index contributed by atoms with van der Waals surface area (Å²) in [5.41, 5.74) is 5.45. The Kier molecular flexibility index (Phi) is 6.30. The third-order valence-electron chi connectivity index (χ3n) is 5.36. The first-order chi connectivity index (χ1) is 14.6. The van der Waals surface area contributed by atoms with E-state index in [1.165, 1.54) is 0 Å². The number of amides is 2. The van der Waals surface area contributed by atoms with Gasteiger partial charge in [0.2, 0.25) is 5.91 Å². The molecule has 2 aromatic carbocycles. The first-order valence-corrected chi connectivity index (χ1v) is 10.3. The van der Waals surface area contributed by atoms with Gasteiger partial charge in [-0.25, -0.2) is 0 Å². The Hall–Kier alpha value is -2.90. The SMILES string of the molecule is NC(=O)C1CC1.O=C(N[C@H]1CO[C@@H]2CCO[C@H]12)c1ccc(Oc2ccccc2)cc1.[HH].[HH]. The van der Waals surface area contributed by atoms with Crippen molar-refractivity contribution < 1.29 is 26.7 Å². The predicted molar refractivity (Wildman–Crippen MR) is 114 cm³/mol. The number of para-hydroxylation sites is 1. The molecule has 30 heavy (non-hydrogen) atoms. The number of fused-ring (bicyclic) bond motifs is 1. The molecule has 0 unspecified atom stereocenters. The maximum absolute atomic E-state index is 12.4. The number of hydrogen-bond donors (Lipinski definition) is 2. The average molecular weight is 415 g/mol. The lowest BCUT2D eigenvalue weighted by Crippen LogP contribution is -2.43. The molecule has 2 aromatic rings. The highest BCUT2D eigenvalue weighted by atomic mass is 16.6. The summed E-state index contributed by atoms with van der Waals surface area (Å²) in [4.78, 5) is 22.4. The number of benzene rings is 2. The minimum absolute atomic E-state index is 0. The molecule has 1 saturated carbocycles. The summed E-state index contributed by atoms with van der Waals surface area (Å²) in [5.74, 6) is 1.45. The zero-order valence-electron chi connectivity index (χ0n) is 16.7. The Morgan fingerprint density at radius 1 is 0.967 bits per heavy atom. The summed E-state index contributed by atoms with van der Waals surface area (Å²) in [6.45, 7) is 1.21. The zero-order valence-corrected chi connectivity index (χ0v) is 16.7. The highest BCUT2D eigenvalue weighted by Gasteiger charge is 2.42. The van der Waals surface area contributed by atoms with E-state index in [4.69, 9.17) is 19.9 Å². The van der Waals surface area contributed by atoms with Gasteiger partial charge in [-0.2, -0.15) is 0 Å². The maximum Gasteiger partial charge on any atom is 0.251 e. The van der Waals surface area contributed by atoms with Crippen molar-refractivity contribution in [2.75, 3.05) is 13.2 Å². The minimum atomic E-state index is -0.130. The van der Waals surface area contributed by atoms with Gasteiger partial charge in [0.25, 0.3) is 5.91 Å². The second-order valence-electron chi connectivity index (χ2n) is 7.69. The number of carbonyl (C=O) groups excluding carboxylic acids is 2. The minimum Gasteiger partial charge on any atom is -0.457 e. The molecule has 3 aliphatic rings. The molecule has 0 bridgehead atoms. The molecule has 3 N–H and O–H groups in total. The van der Waals surface area contributed by atoms with Crippen LogP contribution >= 0.6 is 0 Å². The monoisotopic (exact) mass is 414 g/mol. The van der Waals surface area contributed by atoms with Crippen LogP contribution in [0.5, 0.6) is 11.5 Å². The molecule has 2 saturated heterocycles. The Morgan fingerprint density at radius 2 is 1.67 bits per heavy atom. The summed E-state index contributed by atoms with van der Waals surface area (Å²) in [6.07, 6.45) is 3.05. The highest BCUT2D eigenvalue weighted by Crippen LogP contribution is 2.28. The van der Waals surface area contributed by atoms with Crippen LogP contribution in [0.15, 0.2) is 54.6 Å². The molecular weight excluding hydrogens is 384 g/mol. The van der Waals surface area contributed by atoms with Gasteiger partial charge in [-0.05, 0) is 55.7 Å². The van der Waals surface area contributed by atoms with Crippen molar-refractivity contribution in [3.8, 4) is 11.5 Å². The molecule has 3 atom stereocenters. The number of ether oxygens (including phenoxy) is 3. The number of hydrogen-bond acceptors (Lipinski definition) is 5. The van der Waals surface area contributed by atoms with Gasteiger partial charge in [0.15, 0.2) is 0 Å². The fourth-order valence-electron chi connectivity index (χ4n) is 3.51. The first kappa shape index (κ1) is 20.4. The Morgan fingerprint density at radius 3 is 2.30 bits per heavy atom. The van der Waals surface area contributed by atoms with E-state index in [0.29, 0.717) is 24.5 Å². The molecule has 162 valence electrons. The standard InChI is InChI=1S/C19H19NO4.C4H7NO.2H2/c21-19(20-16-12-23-17-10-11-22-18(16)17)13-6-8-15(9-7-13)24-14-4-2-1-3-5-14;5-4(6)3-1-2-3;;/h1-9,16-18H,10-12H2,(H,20,21);3H,1-2H2,(H2,5,6);2*1H/t16-,17+,18+;;;/m0.../s1. The van der Waals surface area contributed by atoms with E-state index in [9.17, 15) is 9.59 Å².